The summed E-state index contributed by atoms with van der Waals surface area (Å²) in [6.07, 6.45) is 1.18. The van der Waals surface area contributed by atoms with E-state index in [1.165, 1.54) is 4.90 Å². The topological polar surface area (TPSA) is 76.2 Å². The van der Waals surface area contributed by atoms with E-state index in [1.54, 1.807) is 43.1 Å². The van der Waals surface area contributed by atoms with Gasteiger partial charge >= 0.3 is 5.97 Å². The molecule has 1 aliphatic rings. The third-order valence-corrected chi connectivity index (χ3v) is 5.54. The molecule has 170 valence electrons. The van der Waals surface area contributed by atoms with Gasteiger partial charge in [-0.15, -0.1) is 0 Å². The van der Waals surface area contributed by atoms with Crippen LogP contribution in [-0.2, 0) is 20.9 Å². The highest BCUT2D eigenvalue weighted by Crippen LogP contribution is 2.19. The van der Waals surface area contributed by atoms with E-state index in [2.05, 4.69) is 0 Å². The first-order valence-electron chi connectivity index (χ1n) is 10.9. The highest BCUT2D eigenvalue weighted by atomic mass is 16.5. The second-order valence-corrected chi connectivity index (χ2v) is 7.87. The van der Waals surface area contributed by atoms with Crippen molar-refractivity contribution in [3.05, 3.63) is 65.7 Å². The highest BCUT2D eigenvalue weighted by Gasteiger charge is 2.29. The largest absolute Gasteiger partial charge is 0.489 e. The molecule has 1 fully saturated rings. The Labute approximate surface area is 188 Å². The van der Waals surface area contributed by atoms with Crippen LogP contribution in [0.5, 0.6) is 5.75 Å². The summed E-state index contributed by atoms with van der Waals surface area (Å²) in [7, 11) is 1.62. The van der Waals surface area contributed by atoms with E-state index in [-0.39, 0.29) is 30.2 Å². The lowest BCUT2D eigenvalue weighted by Crippen LogP contribution is -2.45. The molecule has 0 atom stereocenters. The molecule has 1 aliphatic heterocycles. The molecule has 7 heteroatoms. The number of rotatable bonds is 8. The zero-order chi connectivity index (χ0) is 22.9. The van der Waals surface area contributed by atoms with Gasteiger partial charge in [-0.05, 0) is 49.6 Å². The predicted octanol–water partition coefficient (Wildman–Crippen LogP) is 3.14. The Hall–Kier alpha value is -3.35. The highest BCUT2D eigenvalue weighted by molar-refractivity contribution is 5.96. The van der Waals surface area contributed by atoms with Gasteiger partial charge < -0.3 is 19.3 Å². The zero-order valence-corrected chi connectivity index (χ0v) is 18.7. The number of piperidine rings is 1. The number of hydrogen-bond donors (Lipinski definition) is 0. The number of amides is 2. The van der Waals surface area contributed by atoms with Crippen molar-refractivity contribution >= 4 is 17.8 Å². The van der Waals surface area contributed by atoms with Crippen molar-refractivity contribution in [2.45, 2.75) is 26.4 Å². The summed E-state index contributed by atoms with van der Waals surface area (Å²) in [5, 5.41) is 0. The van der Waals surface area contributed by atoms with Crippen LogP contribution in [0.25, 0.3) is 0 Å². The molecule has 0 spiro atoms. The fraction of sp³-hybridized carbons (Fsp3) is 0.400. The molecular formula is C25H30N2O5. The van der Waals surface area contributed by atoms with Gasteiger partial charge in [0.2, 0.25) is 5.91 Å². The van der Waals surface area contributed by atoms with Crippen molar-refractivity contribution in [3.8, 4) is 5.75 Å². The summed E-state index contributed by atoms with van der Waals surface area (Å²) in [6, 6.07) is 16.8. The van der Waals surface area contributed by atoms with Crippen LogP contribution in [0.15, 0.2) is 54.6 Å². The molecule has 2 aromatic rings. The minimum absolute atomic E-state index is 0.00480. The number of likely N-dealkylation sites (tertiary alicyclic amines) is 1. The van der Waals surface area contributed by atoms with Gasteiger partial charge in [0.1, 0.15) is 12.4 Å². The fourth-order valence-electron chi connectivity index (χ4n) is 3.65. The first-order valence-corrected chi connectivity index (χ1v) is 10.9. The zero-order valence-electron chi connectivity index (χ0n) is 18.7. The molecule has 1 saturated heterocycles. The van der Waals surface area contributed by atoms with Gasteiger partial charge in [-0.3, -0.25) is 14.4 Å². The van der Waals surface area contributed by atoms with Gasteiger partial charge in [-0.2, -0.15) is 0 Å². The maximum atomic E-state index is 12.7. The molecule has 1 heterocycles. The number of esters is 1. The number of hydrogen-bond acceptors (Lipinski definition) is 5. The van der Waals surface area contributed by atoms with Crippen molar-refractivity contribution in [2.24, 2.45) is 5.92 Å². The van der Waals surface area contributed by atoms with Crippen LogP contribution >= 0.6 is 0 Å². The third kappa shape index (κ3) is 6.33. The monoisotopic (exact) mass is 438 g/mol. The van der Waals surface area contributed by atoms with Crippen LogP contribution in [-0.4, -0.2) is 60.9 Å². The molecule has 0 N–H and O–H groups in total. The Morgan fingerprint density at radius 3 is 2.28 bits per heavy atom. The van der Waals surface area contributed by atoms with Crippen LogP contribution in [0.1, 0.15) is 35.7 Å². The molecular weight excluding hydrogens is 408 g/mol. The summed E-state index contributed by atoms with van der Waals surface area (Å²) in [5.41, 5.74) is 1.56. The van der Waals surface area contributed by atoms with E-state index >= 15 is 0 Å². The molecule has 0 saturated carbocycles. The van der Waals surface area contributed by atoms with Gasteiger partial charge in [0.15, 0.2) is 0 Å². The number of nitrogens with zero attached hydrogens (tertiary/aromatic N) is 2. The lowest BCUT2D eigenvalue weighted by atomic mass is 9.97. The fourth-order valence-corrected chi connectivity index (χ4v) is 3.65. The smallest absolute Gasteiger partial charge is 0.309 e. The van der Waals surface area contributed by atoms with Crippen LogP contribution in [0.2, 0.25) is 0 Å². The number of carbonyl (C=O) groups excluding carboxylic acids is 3. The number of ether oxygens (including phenoxy) is 2. The molecule has 0 bridgehead atoms. The second kappa shape index (κ2) is 11.3. The Bertz CT molecular complexity index is 906. The SMILES string of the molecule is CCOC(=O)C1CCN(C(=O)CN(C)C(=O)c2ccc(OCc3ccccc3)cc2)CC1. The first kappa shape index (κ1) is 23.3. The maximum absolute atomic E-state index is 12.7. The first-order chi connectivity index (χ1) is 15.5. The summed E-state index contributed by atoms with van der Waals surface area (Å²) < 4.78 is 10.8. The van der Waals surface area contributed by atoms with Crippen LogP contribution < -0.4 is 4.74 Å². The Balaban J connectivity index is 1.46. The van der Waals surface area contributed by atoms with Gasteiger partial charge in [-0.1, -0.05) is 30.3 Å². The Morgan fingerprint density at radius 1 is 1.00 bits per heavy atom. The lowest BCUT2D eigenvalue weighted by Gasteiger charge is -2.32. The van der Waals surface area contributed by atoms with E-state index in [0.717, 1.165) is 5.56 Å². The third-order valence-electron chi connectivity index (χ3n) is 5.54. The number of benzene rings is 2. The molecule has 2 aromatic carbocycles. The summed E-state index contributed by atoms with van der Waals surface area (Å²) >= 11 is 0. The minimum atomic E-state index is -0.227. The van der Waals surface area contributed by atoms with Crippen LogP contribution in [0.4, 0.5) is 0 Å². The quantitative estimate of drug-likeness (QED) is 0.592. The Kier molecular flexibility index (Phi) is 8.25. The molecule has 0 radical (unpaired) electrons. The van der Waals surface area contributed by atoms with Crippen molar-refractivity contribution in [1.82, 2.24) is 9.80 Å². The van der Waals surface area contributed by atoms with Crippen molar-refractivity contribution in [3.63, 3.8) is 0 Å². The molecule has 7 nitrogen and oxygen atoms in total. The van der Waals surface area contributed by atoms with Gasteiger partial charge in [0, 0.05) is 25.7 Å². The standard InChI is InChI=1S/C25H30N2O5/c1-3-31-25(30)21-13-15-27(16-14-21)23(28)17-26(2)24(29)20-9-11-22(12-10-20)32-18-19-7-5-4-6-8-19/h4-12,21H,3,13-18H2,1-2H3. The second-order valence-electron chi connectivity index (χ2n) is 7.87. The molecule has 32 heavy (non-hydrogen) atoms. The molecule has 2 amide bonds. The average Bonchev–Trinajstić information content (AvgIpc) is 2.83. The molecule has 0 aliphatic carbocycles. The van der Waals surface area contributed by atoms with Gasteiger partial charge in [0.05, 0.1) is 19.1 Å². The van der Waals surface area contributed by atoms with E-state index in [9.17, 15) is 14.4 Å². The lowest BCUT2D eigenvalue weighted by molar-refractivity contribution is -0.151. The van der Waals surface area contributed by atoms with E-state index < -0.39 is 0 Å². The Morgan fingerprint density at radius 2 is 1.66 bits per heavy atom. The molecule has 3 rings (SSSR count). The summed E-state index contributed by atoms with van der Waals surface area (Å²) in [4.78, 5) is 40.3. The molecule has 0 aromatic heterocycles. The number of likely N-dealkylation sites (N-methyl/N-ethyl adjacent to an activating group) is 1. The van der Waals surface area contributed by atoms with E-state index in [1.807, 2.05) is 30.3 Å². The summed E-state index contributed by atoms with van der Waals surface area (Å²) in [5.74, 6) is -0.0157. The average molecular weight is 439 g/mol. The van der Waals surface area contributed by atoms with Crippen molar-refractivity contribution < 1.29 is 23.9 Å². The normalized spacial score (nSPS) is 14.0. The molecule has 0 unspecified atom stereocenters. The maximum Gasteiger partial charge on any atom is 0.309 e. The van der Waals surface area contributed by atoms with Crippen LogP contribution in [0.3, 0.4) is 0 Å². The number of carbonyl (C=O) groups is 3. The minimum Gasteiger partial charge on any atom is -0.489 e. The van der Waals surface area contributed by atoms with Gasteiger partial charge in [0.25, 0.3) is 5.91 Å². The summed E-state index contributed by atoms with van der Waals surface area (Å²) in [6.45, 7) is 3.60. The van der Waals surface area contributed by atoms with E-state index in [4.69, 9.17) is 9.47 Å². The van der Waals surface area contributed by atoms with Crippen molar-refractivity contribution in [2.75, 3.05) is 33.3 Å². The van der Waals surface area contributed by atoms with Crippen molar-refractivity contribution in [1.29, 1.82) is 0 Å². The van der Waals surface area contributed by atoms with E-state index in [0.29, 0.717) is 50.5 Å². The predicted molar refractivity (Wildman–Crippen MR) is 120 cm³/mol. The van der Waals surface area contributed by atoms with Gasteiger partial charge in [-0.25, -0.2) is 0 Å². The van der Waals surface area contributed by atoms with Crippen LogP contribution in [0, 0.1) is 5.92 Å².